The minimum absolute atomic E-state index is 0.848. The molecular weight excluding hydrogens is 214 g/mol. The maximum absolute atomic E-state index is 4.06. The standard InChI is InChI=1S/C12H23N5/c1-3-8-17-12(10-14-15-17)13-7-9-16(4-2)11-5-6-11/h10-11,13H,3-9H2,1-2H3. The highest BCUT2D eigenvalue weighted by Gasteiger charge is 2.27. The summed E-state index contributed by atoms with van der Waals surface area (Å²) in [5.74, 6) is 1.04. The zero-order valence-electron chi connectivity index (χ0n) is 10.9. The van der Waals surface area contributed by atoms with Gasteiger partial charge in [0.15, 0.2) is 0 Å². The Hall–Kier alpha value is -1.10. The predicted octanol–water partition coefficient (Wildman–Crippen LogP) is 1.58. The van der Waals surface area contributed by atoms with Gasteiger partial charge in [-0.3, -0.25) is 4.90 Å². The highest BCUT2D eigenvalue weighted by molar-refractivity contribution is 5.30. The van der Waals surface area contributed by atoms with Crippen molar-refractivity contribution in [1.82, 2.24) is 19.9 Å². The van der Waals surface area contributed by atoms with E-state index in [2.05, 4.69) is 34.4 Å². The van der Waals surface area contributed by atoms with E-state index < -0.39 is 0 Å². The first-order valence-electron chi connectivity index (χ1n) is 6.71. The van der Waals surface area contributed by atoms with Gasteiger partial charge in [-0.25, -0.2) is 4.68 Å². The van der Waals surface area contributed by atoms with E-state index >= 15 is 0 Å². The van der Waals surface area contributed by atoms with Crippen LogP contribution < -0.4 is 5.32 Å². The number of nitrogens with zero attached hydrogens (tertiary/aromatic N) is 4. The molecule has 0 atom stereocenters. The molecule has 2 rings (SSSR count). The third-order valence-electron chi connectivity index (χ3n) is 3.23. The van der Waals surface area contributed by atoms with Crippen molar-refractivity contribution in [3.8, 4) is 0 Å². The molecule has 1 heterocycles. The Morgan fingerprint density at radius 2 is 2.29 bits per heavy atom. The molecule has 0 saturated heterocycles. The summed E-state index contributed by atoms with van der Waals surface area (Å²) in [5.41, 5.74) is 0. The molecular formula is C12H23N5. The molecule has 1 N–H and O–H groups in total. The Balaban J connectivity index is 1.74. The third-order valence-corrected chi connectivity index (χ3v) is 3.23. The predicted molar refractivity (Wildman–Crippen MR) is 69.1 cm³/mol. The molecule has 17 heavy (non-hydrogen) atoms. The van der Waals surface area contributed by atoms with Crippen LogP contribution in [0, 0.1) is 0 Å². The van der Waals surface area contributed by atoms with Gasteiger partial charge in [0.1, 0.15) is 5.82 Å². The molecule has 5 nitrogen and oxygen atoms in total. The van der Waals surface area contributed by atoms with E-state index in [1.54, 1.807) is 0 Å². The molecule has 1 aliphatic rings. The van der Waals surface area contributed by atoms with Crippen LogP contribution in [0.5, 0.6) is 0 Å². The molecule has 1 aromatic heterocycles. The third kappa shape index (κ3) is 3.43. The quantitative estimate of drug-likeness (QED) is 0.745. The van der Waals surface area contributed by atoms with Crippen LogP contribution in [-0.2, 0) is 6.54 Å². The Bertz CT molecular complexity index is 331. The van der Waals surface area contributed by atoms with Gasteiger partial charge in [0.2, 0.25) is 0 Å². The van der Waals surface area contributed by atoms with Crippen LogP contribution in [0.4, 0.5) is 5.82 Å². The SMILES string of the molecule is CCCn1nncc1NCCN(CC)C1CC1. The first-order chi connectivity index (χ1) is 8.35. The zero-order valence-corrected chi connectivity index (χ0v) is 10.9. The fourth-order valence-electron chi connectivity index (χ4n) is 2.14. The molecule has 0 bridgehead atoms. The Kier molecular flexibility index (Phi) is 4.36. The molecule has 1 saturated carbocycles. The van der Waals surface area contributed by atoms with E-state index in [1.807, 2.05) is 10.9 Å². The maximum Gasteiger partial charge on any atom is 0.144 e. The van der Waals surface area contributed by atoms with Crippen molar-refractivity contribution in [3.63, 3.8) is 0 Å². The zero-order chi connectivity index (χ0) is 12.1. The number of anilines is 1. The molecule has 0 spiro atoms. The normalized spacial score (nSPS) is 15.5. The Morgan fingerprint density at radius 1 is 1.47 bits per heavy atom. The number of aromatic nitrogens is 3. The Morgan fingerprint density at radius 3 is 2.94 bits per heavy atom. The second kappa shape index (κ2) is 6.00. The lowest BCUT2D eigenvalue weighted by Crippen LogP contribution is -2.31. The van der Waals surface area contributed by atoms with Gasteiger partial charge < -0.3 is 5.32 Å². The van der Waals surface area contributed by atoms with E-state index in [9.17, 15) is 0 Å². The number of hydrogen-bond acceptors (Lipinski definition) is 4. The van der Waals surface area contributed by atoms with Gasteiger partial charge >= 0.3 is 0 Å². The van der Waals surface area contributed by atoms with Crippen LogP contribution in [-0.4, -0.2) is 45.6 Å². The Labute approximate surface area is 103 Å². The van der Waals surface area contributed by atoms with Crippen molar-refractivity contribution in [3.05, 3.63) is 6.20 Å². The van der Waals surface area contributed by atoms with Gasteiger partial charge in [-0.2, -0.15) is 0 Å². The van der Waals surface area contributed by atoms with Crippen LogP contribution in [0.25, 0.3) is 0 Å². The van der Waals surface area contributed by atoms with Crippen molar-refractivity contribution in [2.75, 3.05) is 25.0 Å². The summed E-state index contributed by atoms with van der Waals surface area (Å²) >= 11 is 0. The summed E-state index contributed by atoms with van der Waals surface area (Å²) in [6.07, 6.45) is 5.65. The van der Waals surface area contributed by atoms with Crippen LogP contribution in [0.3, 0.4) is 0 Å². The molecule has 1 aliphatic carbocycles. The van der Waals surface area contributed by atoms with E-state index in [-0.39, 0.29) is 0 Å². The van der Waals surface area contributed by atoms with E-state index in [4.69, 9.17) is 0 Å². The van der Waals surface area contributed by atoms with Gasteiger partial charge in [-0.1, -0.05) is 19.1 Å². The highest BCUT2D eigenvalue weighted by atomic mass is 15.4. The van der Waals surface area contributed by atoms with Gasteiger partial charge in [0.25, 0.3) is 0 Å². The lowest BCUT2D eigenvalue weighted by atomic mass is 10.4. The summed E-state index contributed by atoms with van der Waals surface area (Å²) in [7, 11) is 0. The largest absolute Gasteiger partial charge is 0.368 e. The van der Waals surface area contributed by atoms with Crippen molar-refractivity contribution >= 4 is 5.82 Å². The summed E-state index contributed by atoms with van der Waals surface area (Å²) in [4.78, 5) is 2.54. The van der Waals surface area contributed by atoms with Crippen LogP contribution >= 0.6 is 0 Å². The van der Waals surface area contributed by atoms with Crippen molar-refractivity contribution in [2.24, 2.45) is 0 Å². The lowest BCUT2D eigenvalue weighted by molar-refractivity contribution is 0.288. The second-order valence-corrected chi connectivity index (χ2v) is 4.63. The molecule has 1 fully saturated rings. The molecule has 5 heteroatoms. The average Bonchev–Trinajstić information content (AvgIpc) is 3.08. The summed E-state index contributed by atoms with van der Waals surface area (Å²) in [5, 5.41) is 11.4. The minimum atomic E-state index is 0.848. The molecule has 0 aromatic carbocycles. The molecule has 0 unspecified atom stereocenters. The van der Waals surface area contributed by atoms with Gasteiger partial charge in [0.05, 0.1) is 6.20 Å². The summed E-state index contributed by atoms with van der Waals surface area (Å²) < 4.78 is 1.94. The molecule has 1 aromatic rings. The highest BCUT2D eigenvalue weighted by Crippen LogP contribution is 2.25. The second-order valence-electron chi connectivity index (χ2n) is 4.63. The monoisotopic (exact) mass is 237 g/mol. The topological polar surface area (TPSA) is 46.0 Å². The van der Waals surface area contributed by atoms with Crippen molar-refractivity contribution in [1.29, 1.82) is 0 Å². The average molecular weight is 237 g/mol. The number of rotatable bonds is 8. The molecule has 96 valence electrons. The maximum atomic E-state index is 4.06. The van der Waals surface area contributed by atoms with Gasteiger partial charge in [-0.05, 0) is 25.8 Å². The summed E-state index contributed by atoms with van der Waals surface area (Å²) in [6, 6.07) is 0.848. The first kappa shape index (κ1) is 12.4. The first-order valence-corrected chi connectivity index (χ1v) is 6.71. The lowest BCUT2D eigenvalue weighted by Gasteiger charge is -2.20. The number of nitrogens with one attached hydrogen (secondary N) is 1. The molecule has 0 radical (unpaired) electrons. The fourth-order valence-corrected chi connectivity index (χ4v) is 2.14. The number of aryl methyl sites for hydroxylation is 1. The van der Waals surface area contributed by atoms with Gasteiger partial charge in [0, 0.05) is 25.7 Å². The minimum Gasteiger partial charge on any atom is -0.368 e. The number of hydrogen-bond donors (Lipinski definition) is 1. The van der Waals surface area contributed by atoms with Crippen molar-refractivity contribution in [2.45, 2.75) is 45.7 Å². The van der Waals surface area contributed by atoms with Crippen molar-refractivity contribution < 1.29 is 0 Å². The van der Waals surface area contributed by atoms with Crippen LogP contribution in [0.2, 0.25) is 0 Å². The van der Waals surface area contributed by atoms with E-state index in [0.29, 0.717) is 0 Å². The fraction of sp³-hybridized carbons (Fsp3) is 0.833. The van der Waals surface area contributed by atoms with Gasteiger partial charge in [-0.15, -0.1) is 5.10 Å². The van der Waals surface area contributed by atoms with E-state index in [1.165, 1.54) is 12.8 Å². The number of likely N-dealkylation sites (N-methyl/N-ethyl adjacent to an activating group) is 1. The molecule has 0 aliphatic heterocycles. The summed E-state index contributed by atoms with van der Waals surface area (Å²) in [6.45, 7) is 8.56. The molecule has 0 amide bonds. The van der Waals surface area contributed by atoms with E-state index in [0.717, 1.165) is 44.5 Å². The smallest absolute Gasteiger partial charge is 0.144 e. The van der Waals surface area contributed by atoms with Crippen LogP contribution in [0.1, 0.15) is 33.1 Å². The van der Waals surface area contributed by atoms with Crippen LogP contribution in [0.15, 0.2) is 6.20 Å².